The smallest absolute Gasteiger partial charge is 0.237 e. The van der Waals surface area contributed by atoms with Crippen molar-refractivity contribution in [1.29, 1.82) is 0 Å². The molecule has 0 radical (unpaired) electrons. The van der Waals surface area contributed by atoms with Gasteiger partial charge in [-0.25, -0.2) is 4.79 Å². The fourth-order valence-electron chi connectivity index (χ4n) is 0.863. The third kappa shape index (κ3) is 5.77. The van der Waals surface area contributed by atoms with E-state index in [1.54, 1.807) is 7.11 Å². The van der Waals surface area contributed by atoms with E-state index in [1.165, 1.54) is 12.5 Å². The highest BCUT2D eigenvalue weighted by atomic mass is 16.5. The fourth-order valence-corrected chi connectivity index (χ4v) is 0.863. The highest BCUT2D eigenvalue weighted by Crippen LogP contribution is 2.05. The van der Waals surface area contributed by atoms with Crippen LogP contribution in [0.2, 0.25) is 0 Å². The molecule has 0 aliphatic heterocycles. The van der Waals surface area contributed by atoms with Crippen LogP contribution < -0.4 is 0 Å². The van der Waals surface area contributed by atoms with Gasteiger partial charge in [-0.2, -0.15) is 4.99 Å². The molecule has 64 valence electrons. The van der Waals surface area contributed by atoms with Crippen molar-refractivity contribution >= 4 is 6.08 Å². The number of hydrogen-bond donors (Lipinski definition) is 0. The minimum Gasteiger partial charge on any atom is -0.359 e. The van der Waals surface area contributed by atoms with Crippen LogP contribution in [0.5, 0.6) is 0 Å². The molecule has 0 aliphatic rings. The first-order valence-electron chi connectivity index (χ1n) is 3.95. The molecule has 0 saturated carbocycles. The minimum absolute atomic E-state index is 0.279. The number of isocyanates is 1. The summed E-state index contributed by atoms with van der Waals surface area (Å²) in [4.78, 5) is 13.3. The highest BCUT2D eigenvalue weighted by molar-refractivity contribution is 5.33. The standard InChI is InChI=1S/C8H15NO2/c1-3-4-5-6-8(11-2)9-7-10/h8H,3-6H2,1-2H3. The lowest BCUT2D eigenvalue weighted by atomic mass is 10.2. The molecule has 0 spiro atoms. The van der Waals surface area contributed by atoms with E-state index < -0.39 is 0 Å². The summed E-state index contributed by atoms with van der Waals surface area (Å²) in [7, 11) is 1.55. The van der Waals surface area contributed by atoms with Crippen LogP contribution in [0, 0.1) is 0 Å². The zero-order valence-corrected chi connectivity index (χ0v) is 7.17. The summed E-state index contributed by atoms with van der Waals surface area (Å²) >= 11 is 0. The second-order valence-electron chi connectivity index (χ2n) is 2.41. The van der Waals surface area contributed by atoms with E-state index in [2.05, 4.69) is 11.9 Å². The van der Waals surface area contributed by atoms with E-state index in [1.807, 2.05) is 0 Å². The largest absolute Gasteiger partial charge is 0.359 e. The summed E-state index contributed by atoms with van der Waals surface area (Å²) < 4.78 is 4.91. The summed E-state index contributed by atoms with van der Waals surface area (Å²) in [5, 5.41) is 0. The predicted octanol–water partition coefficient (Wildman–Crippen LogP) is 1.88. The Labute approximate surface area is 67.5 Å². The maximum absolute atomic E-state index is 9.84. The van der Waals surface area contributed by atoms with Crippen LogP contribution in [-0.4, -0.2) is 19.4 Å². The van der Waals surface area contributed by atoms with Crippen LogP contribution >= 0.6 is 0 Å². The van der Waals surface area contributed by atoms with Gasteiger partial charge in [-0.1, -0.05) is 19.8 Å². The predicted molar refractivity (Wildman–Crippen MR) is 43.1 cm³/mol. The Bertz CT molecular complexity index is 130. The van der Waals surface area contributed by atoms with Crippen molar-refractivity contribution in [2.45, 2.75) is 38.8 Å². The van der Waals surface area contributed by atoms with E-state index >= 15 is 0 Å². The minimum atomic E-state index is -0.279. The van der Waals surface area contributed by atoms with E-state index in [9.17, 15) is 4.79 Å². The molecule has 1 atom stereocenters. The Morgan fingerprint density at radius 3 is 2.73 bits per heavy atom. The first-order valence-corrected chi connectivity index (χ1v) is 3.95. The lowest BCUT2D eigenvalue weighted by Crippen LogP contribution is -2.06. The van der Waals surface area contributed by atoms with Gasteiger partial charge in [0, 0.05) is 7.11 Å². The van der Waals surface area contributed by atoms with Crippen LogP contribution in [0.3, 0.4) is 0 Å². The molecule has 0 saturated heterocycles. The zero-order chi connectivity index (χ0) is 8.53. The molecule has 0 bridgehead atoms. The number of rotatable bonds is 6. The molecule has 0 heterocycles. The molecule has 0 aromatic carbocycles. The third-order valence-electron chi connectivity index (χ3n) is 1.52. The molecule has 0 rings (SSSR count). The molecular formula is C8H15NO2. The van der Waals surface area contributed by atoms with Gasteiger partial charge < -0.3 is 4.74 Å². The van der Waals surface area contributed by atoms with Crippen LogP contribution in [0.1, 0.15) is 32.6 Å². The van der Waals surface area contributed by atoms with E-state index in [0.29, 0.717) is 0 Å². The number of methoxy groups -OCH3 is 1. The van der Waals surface area contributed by atoms with E-state index in [0.717, 1.165) is 19.3 Å². The summed E-state index contributed by atoms with van der Waals surface area (Å²) in [6, 6.07) is 0. The molecule has 0 aromatic heterocycles. The van der Waals surface area contributed by atoms with Gasteiger partial charge in [0.15, 0.2) is 6.23 Å². The number of ether oxygens (including phenoxy) is 1. The fraction of sp³-hybridized carbons (Fsp3) is 0.875. The molecule has 0 fully saturated rings. The van der Waals surface area contributed by atoms with Gasteiger partial charge >= 0.3 is 0 Å². The number of unbranched alkanes of at least 4 members (excludes halogenated alkanes) is 2. The lowest BCUT2D eigenvalue weighted by Gasteiger charge is -2.06. The highest BCUT2D eigenvalue weighted by Gasteiger charge is 2.02. The molecule has 1 unspecified atom stereocenters. The van der Waals surface area contributed by atoms with Crippen molar-refractivity contribution in [3.05, 3.63) is 0 Å². The number of carbonyl (C=O) groups excluding carboxylic acids is 1. The van der Waals surface area contributed by atoms with Gasteiger partial charge in [-0.15, -0.1) is 0 Å². The third-order valence-corrected chi connectivity index (χ3v) is 1.52. The molecule has 3 heteroatoms. The quantitative estimate of drug-likeness (QED) is 0.335. The van der Waals surface area contributed by atoms with Crippen LogP contribution in [0.4, 0.5) is 0 Å². The van der Waals surface area contributed by atoms with E-state index in [-0.39, 0.29) is 6.23 Å². The van der Waals surface area contributed by atoms with Crippen molar-refractivity contribution in [2.75, 3.05) is 7.11 Å². The Kier molecular flexibility index (Phi) is 7.00. The second-order valence-corrected chi connectivity index (χ2v) is 2.41. The van der Waals surface area contributed by atoms with Gasteiger partial charge in [-0.3, -0.25) is 0 Å². The Morgan fingerprint density at radius 1 is 1.55 bits per heavy atom. The van der Waals surface area contributed by atoms with Gasteiger partial charge in [0.25, 0.3) is 0 Å². The van der Waals surface area contributed by atoms with Gasteiger partial charge in [-0.05, 0) is 12.8 Å². The van der Waals surface area contributed by atoms with E-state index in [4.69, 9.17) is 4.74 Å². The van der Waals surface area contributed by atoms with Crippen molar-refractivity contribution in [2.24, 2.45) is 4.99 Å². The lowest BCUT2D eigenvalue weighted by molar-refractivity contribution is 0.100. The average molecular weight is 157 g/mol. The zero-order valence-electron chi connectivity index (χ0n) is 7.17. The second kappa shape index (κ2) is 7.45. The van der Waals surface area contributed by atoms with Gasteiger partial charge in [0.05, 0.1) is 0 Å². The first-order chi connectivity index (χ1) is 5.35. The maximum Gasteiger partial charge on any atom is 0.237 e. The summed E-state index contributed by atoms with van der Waals surface area (Å²) in [5.41, 5.74) is 0. The van der Waals surface area contributed by atoms with Gasteiger partial charge in [0.2, 0.25) is 6.08 Å². The maximum atomic E-state index is 9.84. The molecular weight excluding hydrogens is 142 g/mol. The monoisotopic (exact) mass is 157 g/mol. The number of hydrogen-bond acceptors (Lipinski definition) is 3. The average Bonchev–Trinajstić information content (AvgIpc) is 2.03. The van der Waals surface area contributed by atoms with Crippen LogP contribution in [0.25, 0.3) is 0 Å². The van der Waals surface area contributed by atoms with Crippen molar-refractivity contribution in [1.82, 2.24) is 0 Å². The number of nitrogens with zero attached hydrogens (tertiary/aromatic N) is 1. The molecule has 0 amide bonds. The summed E-state index contributed by atoms with van der Waals surface area (Å²) in [5.74, 6) is 0. The van der Waals surface area contributed by atoms with Crippen LogP contribution in [-0.2, 0) is 9.53 Å². The Hall–Kier alpha value is -0.660. The molecule has 3 nitrogen and oxygen atoms in total. The van der Waals surface area contributed by atoms with Crippen molar-refractivity contribution in [3.63, 3.8) is 0 Å². The van der Waals surface area contributed by atoms with Crippen molar-refractivity contribution < 1.29 is 9.53 Å². The summed E-state index contributed by atoms with van der Waals surface area (Å²) in [6.07, 6.45) is 5.42. The topological polar surface area (TPSA) is 38.7 Å². The Morgan fingerprint density at radius 2 is 2.27 bits per heavy atom. The van der Waals surface area contributed by atoms with Gasteiger partial charge in [0.1, 0.15) is 0 Å². The Balaban J connectivity index is 3.43. The summed E-state index contributed by atoms with van der Waals surface area (Å²) in [6.45, 7) is 2.13. The molecule has 0 N–H and O–H groups in total. The van der Waals surface area contributed by atoms with Crippen molar-refractivity contribution in [3.8, 4) is 0 Å². The molecule has 11 heavy (non-hydrogen) atoms. The normalized spacial score (nSPS) is 12.2. The molecule has 0 aliphatic carbocycles. The SMILES string of the molecule is CCCCCC(N=C=O)OC. The number of aliphatic imine (C=N–C) groups is 1. The first kappa shape index (κ1) is 10.3. The van der Waals surface area contributed by atoms with Crippen LogP contribution in [0.15, 0.2) is 4.99 Å². The molecule has 0 aromatic rings.